The molecule has 0 unspecified atom stereocenters. The van der Waals surface area contributed by atoms with Crippen LogP contribution in [0.25, 0.3) is 0 Å². The minimum absolute atomic E-state index is 0.286. The molecular formula is C17H27NO8. The summed E-state index contributed by atoms with van der Waals surface area (Å²) < 4.78 is 29.2. The summed E-state index contributed by atoms with van der Waals surface area (Å²) in [5.41, 5.74) is 0. The topological polar surface area (TPSA) is 113 Å². The lowest BCUT2D eigenvalue weighted by Crippen LogP contribution is -2.61. The molecule has 3 aliphatic heterocycles. The summed E-state index contributed by atoms with van der Waals surface area (Å²) in [5.74, 6) is -3.78. The third-order valence-corrected chi connectivity index (χ3v) is 4.64. The average molecular weight is 373 g/mol. The molecule has 3 saturated heterocycles. The molecule has 0 aromatic heterocycles. The van der Waals surface area contributed by atoms with Crippen LogP contribution in [0.1, 0.15) is 41.5 Å². The Morgan fingerprint density at radius 1 is 0.923 bits per heavy atom. The van der Waals surface area contributed by atoms with Gasteiger partial charge in [-0.15, -0.1) is 0 Å². The zero-order valence-corrected chi connectivity index (χ0v) is 15.8. The predicted molar refractivity (Wildman–Crippen MR) is 86.9 cm³/mol. The molecule has 2 N–H and O–H groups in total. The van der Waals surface area contributed by atoms with E-state index in [0.717, 1.165) is 0 Å². The molecule has 0 aliphatic carbocycles. The van der Waals surface area contributed by atoms with Crippen LogP contribution >= 0.6 is 0 Å². The maximum absolute atomic E-state index is 12.8. The van der Waals surface area contributed by atoms with Crippen molar-refractivity contribution in [2.45, 2.75) is 89.9 Å². The van der Waals surface area contributed by atoms with E-state index in [9.17, 15) is 14.7 Å². The first-order chi connectivity index (χ1) is 11.9. The molecule has 3 heterocycles. The Kier molecular flexibility index (Phi) is 4.81. The molecule has 3 rings (SSSR count). The summed E-state index contributed by atoms with van der Waals surface area (Å²) >= 11 is 0. The van der Waals surface area contributed by atoms with Gasteiger partial charge in [0.2, 0.25) is 0 Å². The quantitative estimate of drug-likeness (QED) is 0.737. The van der Waals surface area contributed by atoms with Crippen LogP contribution in [-0.2, 0) is 33.3 Å². The molecule has 0 spiro atoms. The van der Waals surface area contributed by atoms with Gasteiger partial charge in [-0.25, -0.2) is 4.79 Å². The first kappa shape index (κ1) is 19.5. The first-order valence-electron chi connectivity index (χ1n) is 8.80. The van der Waals surface area contributed by atoms with Gasteiger partial charge in [0, 0.05) is 0 Å². The van der Waals surface area contributed by atoms with Crippen LogP contribution in [0.15, 0.2) is 0 Å². The normalized spacial score (nSPS) is 38.5. The molecule has 26 heavy (non-hydrogen) atoms. The molecular weight excluding hydrogens is 346 g/mol. The maximum atomic E-state index is 12.8. The largest absolute Gasteiger partial charge is 0.480 e. The highest BCUT2D eigenvalue weighted by Crippen LogP contribution is 2.44. The van der Waals surface area contributed by atoms with Crippen molar-refractivity contribution in [3.63, 3.8) is 0 Å². The van der Waals surface area contributed by atoms with Gasteiger partial charge in [0.25, 0.3) is 5.91 Å². The van der Waals surface area contributed by atoms with E-state index in [1.54, 1.807) is 41.5 Å². The van der Waals surface area contributed by atoms with E-state index in [4.69, 9.17) is 23.7 Å². The average Bonchev–Trinajstić information content (AvgIpc) is 2.96. The Balaban J connectivity index is 1.82. The fourth-order valence-electron chi connectivity index (χ4n) is 3.57. The standard InChI is InChI=1S/C17H27NO8/c1-7(2)8(14(20)21)18-13(19)11-9-10(24-16(3,4)23-9)12-15(22-11)26-17(5,6)25-12/h7-12,15H,1-6H3,(H,18,19)(H,20,21)/t8-,9+,10-,11+,12+,15+/m0/s1. The zero-order valence-electron chi connectivity index (χ0n) is 15.8. The molecule has 3 aliphatic rings. The number of fused-ring (bicyclic) bond motifs is 3. The van der Waals surface area contributed by atoms with Gasteiger partial charge in [-0.2, -0.15) is 0 Å². The van der Waals surface area contributed by atoms with Crippen LogP contribution in [0.2, 0.25) is 0 Å². The number of carbonyl (C=O) groups is 2. The van der Waals surface area contributed by atoms with Crippen LogP contribution in [0.3, 0.4) is 0 Å². The molecule has 148 valence electrons. The lowest BCUT2D eigenvalue weighted by atomic mass is 9.97. The molecule has 0 aromatic rings. The molecule has 3 fully saturated rings. The third-order valence-electron chi connectivity index (χ3n) is 4.64. The number of nitrogens with one attached hydrogen (secondary N) is 1. The van der Waals surface area contributed by atoms with Crippen molar-refractivity contribution in [2.24, 2.45) is 5.92 Å². The molecule has 0 radical (unpaired) electrons. The summed E-state index contributed by atoms with van der Waals surface area (Å²) in [6.45, 7) is 10.4. The third kappa shape index (κ3) is 3.59. The van der Waals surface area contributed by atoms with Crippen molar-refractivity contribution < 1.29 is 38.4 Å². The number of carbonyl (C=O) groups excluding carboxylic acids is 1. The molecule has 0 bridgehead atoms. The molecule has 9 heteroatoms. The van der Waals surface area contributed by atoms with Crippen molar-refractivity contribution in [1.82, 2.24) is 5.32 Å². The molecule has 0 aromatic carbocycles. The summed E-state index contributed by atoms with van der Waals surface area (Å²) in [4.78, 5) is 24.2. The number of rotatable bonds is 4. The predicted octanol–water partition coefficient (Wildman–Crippen LogP) is 0.608. The second-order valence-corrected chi connectivity index (χ2v) is 8.16. The van der Waals surface area contributed by atoms with Crippen LogP contribution < -0.4 is 5.32 Å². The molecule has 0 saturated carbocycles. The van der Waals surface area contributed by atoms with Crippen LogP contribution in [0, 0.1) is 5.92 Å². The summed E-state index contributed by atoms with van der Waals surface area (Å²) in [5, 5.41) is 11.9. The highest BCUT2D eigenvalue weighted by atomic mass is 16.9. The van der Waals surface area contributed by atoms with E-state index in [-0.39, 0.29) is 5.92 Å². The van der Waals surface area contributed by atoms with E-state index in [1.807, 2.05) is 0 Å². The van der Waals surface area contributed by atoms with Gasteiger partial charge in [0.05, 0.1) is 0 Å². The van der Waals surface area contributed by atoms with Gasteiger partial charge < -0.3 is 34.1 Å². The van der Waals surface area contributed by atoms with Gasteiger partial charge in [-0.3, -0.25) is 4.79 Å². The highest BCUT2D eigenvalue weighted by molar-refractivity contribution is 5.87. The molecule has 1 amide bonds. The van der Waals surface area contributed by atoms with Gasteiger partial charge in [-0.05, 0) is 33.6 Å². The minimum atomic E-state index is -1.11. The van der Waals surface area contributed by atoms with Gasteiger partial charge in [0.15, 0.2) is 24.0 Å². The summed E-state index contributed by atoms with van der Waals surface area (Å²) in [6, 6.07) is -1.03. The summed E-state index contributed by atoms with van der Waals surface area (Å²) in [6.07, 6.45) is -3.71. The van der Waals surface area contributed by atoms with Gasteiger partial charge >= 0.3 is 5.97 Å². The van der Waals surface area contributed by atoms with E-state index in [2.05, 4.69) is 5.32 Å². The molecule has 9 nitrogen and oxygen atoms in total. The van der Waals surface area contributed by atoms with Crippen molar-refractivity contribution in [3.05, 3.63) is 0 Å². The van der Waals surface area contributed by atoms with Gasteiger partial charge in [0.1, 0.15) is 24.4 Å². The van der Waals surface area contributed by atoms with Crippen molar-refractivity contribution >= 4 is 11.9 Å². The number of amides is 1. The van der Waals surface area contributed by atoms with Crippen molar-refractivity contribution in [2.75, 3.05) is 0 Å². The highest BCUT2D eigenvalue weighted by Gasteiger charge is 2.62. The number of hydrogen-bond donors (Lipinski definition) is 2. The van der Waals surface area contributed by atoms with Crippen molar-refractivity contribution in [3.8, 4) is 0 Å². The Labute approximate surface area is 152 Å². The Bertz CT molecular complexity index is 589. The lowest BCUT2D eigenvalue weighted by molar-refractivity contribution is -0.231. The number of ether oxygens (including phenoxy) is 5. The maximum Gasteiger partial charge on any atom is 0.326 e. The Morgan fingerprint density at radius 3 is 2.04 bits per heavy atom. The Hall–Kier alpha value is -1.26. The van der Waals surface area contributed by atoms with E-state index in [1.165, 1.54) is 0 Å². The number of hydrogen-bond acceptors (Lipinski definition) is 7. The SMILES string of the molecule is CC(C)[C@H](NC(=O)[C@@H]1O[C@@H]2OC(C)(C)O[C@@H]2[C@H]2OC(C)(C)O[C@H]21)C(=O)O. The Morgan fingerprint density at radius 2 is 1.46 bits per heavy atom. The second-order valence-electron chi connectivity index (χ2n) is 8.16. The van der Waals surface area contributed by atoms with Crippen molar-refractivity contribution in [1.29, 1.82) is 0 Å². The molecule has 6 atom stereocenters. The summed E-state index contributed by atoms with van der Waals surface area (Å²) in [7, 11) is 0. The van der Waals surface area contributed by atoms with Crippen LogP contribution in [-0.4, -0.2) is 65.3 Å². The number of aliphatic carboxylic acids is 1. The number of carboxylic acids is 1. The second kappa shape index (κ2) is 6.42. The first-order valence-corrected chi connectivity index (χ1v) is 8.80. The fraction of sp³-hybridized carbons (Fsp3) is 0.882. The van der Waals surface area contributed by atoms with E-state index in [0.29, 0.717) is 0 Å². The van der Waals surface area contributed by atoms with Gasteiger partial charge in [-0.1, -0.05) is 13.8 Å². The van der Waals surface area contributed by atoms with E-state index >= 15 is 0 Å². The van der Waals surface area contributed by atoms with E-state index < -0.39 is 60.2 Å². The minimum Gasteiger partial charge on any atom is -0.480 e. The van der Waals surface area contributed by atoms with Crippen LogP contribution in [0.4, 0.5) is 0 Å². The lowest BCUT2D eigenvalue weighted by Gasteiger charge is -2.37. The smallest absolute Gasteiger partial charge is 0.326 e. The number of carboxylic acid groups (broad SMARTS) is 1. The fourth-order valence-corrected chi connectivity index (χ4v) is 3.57. The zero-order chi connectivity index (χ0) is 19.4. The van der Waals surface area contributed by atoms with Crippen LogP contribution in [0.5, 0.6) is 0 Å². The monoisotopic (exact) mass is 373 g/mol.